The molecule has 3 rings (SSSR count). The first kappa shape index (κ1) is 11.0. The maximum atomic E-state index is 4.27. The number of hydrogen-bond donors (Lipinski definition) is 1. The number of halogens is 1. The van der Waals surface area contributed by atoms with E-state index in [1.807, 2.05) is 24.5 Å². The van der Waals surface area contributed by atoms with Crippen molar-refractivity contribution in [1.29, 1.82) is 0 Å². The van der Waals surface area contributed by atoms with Crippen molar-refractivity contribution in [2.75, 3.05) is 0 Å². The van der Waals surface area contributed by atoms with Crippen molar-refractivity contribution < 1.29 is 0 Å². The Morgan fingerprint density at radius 1 is 1.12 bits per heavy atom. The molecule has 0 amide bonds. The molecule has 0 unspecified atom stereocenters. The molecule has 2 heterocycles. The van der Waals surface area contributed by atoms with Gasteiger partial charge in [0.25, 0.3) is 0 Å². The van der Waals surface area contributed by atoms with Crippen LogP contribution < -0.4 is 0 Å². The van der Waals surface area contributed by atoms with Crippen LogP contribution >= 0.6 is 34.4 Å². The van der Waals surface area contributed by atoms with Gasteiger partial charge in [0.1, 0.15) is 0 Å². The Hall–Kier alpha value is -1.08. The van der Waals surface area contributed by atoms with Gasteiger partial charge in [-0.3, -0.25) is 0 Å². The highest BCUT2D eigenvalue weighted by Crippen LogP contribution is 2.27. The minimum atomic E-state index is 0.761. The number of aromatic amines is 1. The average Bonchev–Trinajstić information content (AvgIpc) is 2.74. The lowest BCUT2D eigenvalue weighted by molar-refractivity contribution is 0.954. The van der Waals surface area contributed by atoms with Gasteiger partial charge >= 0.3 is 0 Å². The van der Waals surface area contributed by atoms with Crippen LogP contribution in [0, 0.1) is 3.57 Å². The quantitative estimate of drug-likeness (QED) is 0.564. The van der Waals surface area contributed by atoms with Crippen LogP contribution in [0.2, 0.25) is 0 Å². The summed E-state index contributed by atoms with van der Waals surface area (Å²) in [7, 11) is 0. The predicted octanol–water partition coefficient (Wildman–Crippen LogP) is 3.71. The Balaban J connectivity index is 1.92. The van der Waals surface area contributed by atoms with Crippen LogP contribution in [0.5, 0.6) is 0 Å². The minimum Gasteiger partial charge on any atom is -0.349 e. The van der Waals surface area contributed by atoms with Crippen molar-refractivity contribution in [2.45, 2.75) is 10.2 Å². The number of para-hydroxylation sites is 1. The van der Waals surface area contributed by atoms with Gasteiger partial charge in [0.15, 0.2) is 5.16 Å². The van der Waals surface area contributed by atoms with E-state index < -0.39 is 0 Å². The van der Waals surface area contributed by atoms with Crippen LogP contribution in [0.15, 0.2) is 52.9 Å². The minimum absolute atomic E-state index is 0.761. The van der Waals surface area contributed by atoms with E-state index in [1.54, 1.807) is 11.8 Å². The number of benzene rings is 1. The Morgan fingerprint density at radius 2 is 1.88 bits per heavy atom. The fraction of sp³-hybridized carbons (Fsp3) is 0. The summed E-state index contributed by atoms with van der Waals surface area (Å²) >= 11 is 3.74. The monoisotopic (exact) mass is 353 g/mol. The Morgan fingerprint density at radius 3 is 2.65 bits per heavy atom. The summed E-state index contributed by atoms with van der Waals surface area (Å²) in [5, 5.41) is 3.03. The Bertz CT molecular complexity index is 615. The highest BCUT2D eigenvalue weighted by molar-refractivity contribution is 14.1. The van der Waals surface area contributed by atoms with Gasteiger partial charge < -0.3 is 4.98 Å². The lowest BCUT2D eigenvalue weighted by Crippen LogP contribution is -1.85. The molecule has 0 aliphatic heterocycles. The number of aromatic nitrogens is 3. The molecule has 0 saturated carbocycles. The van der Waals surface area contributed by atoms with Crippen LogP contribution in [-0.4, -0.2) is 15.0 Å². The molecule has 0 aliphatic carbocycles. The third-order valence-electron chi connectivity index (χ3n) is 2.30. The van der Waals surface area contributed by atoms with Gasteiger partial charge in [-0.25, -0.2) is 9.97 Å². The zero-order chi connectivity index (χ0) is 11.7. The first-order valence-electron chi connectivity index (χ1n) is 5.04. The summed E-state index contributed by atoms with van der Waals surface area (Å²) < 4.78 is 1.04. The predicted molar refractivity (Wildman–Crippen MR) is 77.2 cm³/mol. The second-order valence-corrected chi connectivity index (χ2v) is 5.76. The summed E-state index contributed by atoms with van der Waals surface area (Å²) in [4.78, 5) is 11.9. The van der Waals surface area contributed by atoms with Gasteiger partial charge in [0.2, 0.25) is 0 Å². The molecule has 1 N–H and O–H groups in total. The maximum Gasteiger partial charge on any atom is 0.193 e. The fourth-order valence-electron chi connectivity index (χ4n) is 1.55. The molecular formula is C12H8IN3S. The molecule has 84 valence electrons. The molecule has 17 heavy (non-hydrogen) atoms. The van der Waals surface area contributed by atoms with Gasteiger partial charge in [-0.1, -0.05) is 18.2 Å². The van der Waals surface area contributed by atoms with E-state index in [9.17, 15) is 0 Å². The number of fused-ring (bicyclic) bond motifs is 1. The number of H-pyrrole nitrogens is 1. The standard InChI is InChI=1S/C12H8IN3S/c13-9-6-14-12(15-7-9)17-11-5-8-3-1-2-4-10(8)16-11/h1-7,16H. The van der Waals surface area contributed by atoms with Crippen LogP contribution in [0.1, 0.15) is 0 Å². The fourth-order valence-corrected chi connectivity index (χ4v) is 2.59. The van der Waals surface area contributed by atoms with E-state index in [1.165, 1.54) is 5.39 Å². The topological polar surface area (TPSA) is 41.6 Å². The summed E-state index contributed by atoms with van der Waals surface area (Å²) in [6, 6.07) is 10.3. The summed E-state index contributed by atoms with van der Waals surface area (Å²) in [6.07, 6.45) is 3.64. The highest BCUT2D eigenvalue weighted by Gasteiger charge is 2.04. The largest absolute Gasteiger partial charge is 0.349 e. The van der Waals surface area contributed by atoms with Gasteiger partial charge in [-0.2, -0.15) is 0 Å². The first-order valence-corrected chi connectivity index (χ1v) is 6.94. The van der Waals surface area contributed by atoms with Crippen molar-refractivity contribution in [1.82, 2.24) is 15.0 Å². The van der Waals surface area contributed by atoms with E-state index in [2.05, 4.69) is 55.7 Å². The molecule has 0 aliphatic rings. The van der Waals surface area contributed by atoms with Gasteiger partial charge in [-0.05, 0) is 46.5 Å². The highest BCUT2D eigenvalue weighted by atomic mass is 127. The summed E-state index contributed by atoms with van der Waals surface area (Å²) in [5.41, 5.74) is 1.14. The molecule has 0 bridgehead atoms. The smallest absolute Gasteiger partial charge is 0.193 e. The van der Waals surface area contributed by atoms with Crippen LogP contribution in [0.3, 0.4) is 0 Å². The molecule has 0 radical (unpaired) electrons. The van der Waals surface area contributed by atoms with Crippen molar-refractivity contribution in [3.8, 4) is 0 Å². The van der Waals surface area contributed by atoms with Gasteiger partial charge in [0, 0.05) is 26.9 Å². The van der Waals surface area contributed by atoms with Crippen LogP contribution in [0.4, 0.5) is 0 Å². The lowest BCUT2D eigenvalue weighted by atomic mass is 10.3. The average molecular weight is 353 g/mol. The molecule has 0 spiro atoms. The molecule has 0 atom stereocenters. The SMILES string of the molecule is Ic1cnc(Sc2cc3ccccc3[nH]2)nc1. The zero-order valence-corrected chi connectivity index (χ0v) is 11.7. The van der Waals surface area contributed by atoms with Gasteiger partial charge in [0.05, 0.1) is 5.03 Å². The third kappa shape index (κ3) is 2.44. The van der Waals surface area contributed by atoms with Crippen LogP contribution in [0.25, 0.3) is 10.9 Å². The van der Waals surface area contributed by atoms with Crippen molar-refractivity contribution in [2.24, 2.45) is 0 Å². The van der Waals surface area contributed by atoms with Crippen molar-refractivity contribution in [3.63, 3.8) is 0 Å². The maximum absolute atomic E-state index is 4.27. The van der Waals surface area contributed by atoms with Crippen molar-refractivity contribution >= 4 is 45.3 Å². The van der Waals surface area contributed by atoms with E-state index in [-0.39, 0.29) is 0 Å². The second-order valence-electron chi connectivity index (χ2n) is 3.51. The van der Waals surface area contributed by atoms with Crippen molar-refractivity contribution in [3.05, 3.63) is 46.3 Å². The van der Waals surface area contributed by atoms with E-state index in [0.717, 1.165) is 19.3 Å². The van der Waals surface area contributed by atoms with Gasteiger partial charge in [-0.15, -0.1) is 0 Å². The first-order chi connectivity index (χ1) is 8.31. The zero-order valence-electron chi connectivity index (χ0n) is 8.72. The van der Waals surface area contributed by atoms with E-state index in [4.69, 9.17) is 0 Å². The third-order valence-corrected chi connectivity index (χ3v) is 3.69. The normalized spacial score (nSPS) is 10.9. The lowest BCUT2D eigenvalue weighted by Gasteiger charge is -1.96. The van der Waals surface area contributed by atoms with E-state index in [0.29, 0.717) is 0 Å². The molecule has 1 aromatic carbocycles. The summed E-state index contributed by atoms with van der Waals surface area (Å²) in [5.74, 6) is 0. The van der Waals surface area contributed by atoms with E-state index >= 15 is 0 Å². The molecule has 3 aromatic rings. The molecule has 0 saturated heterocycles. The second kappa shape index (κ2) is 4.66. The molecule has 0 fully saturated rings. The number of nitrogens with zero attached hydrogens (tertiary/aromatic N) is 2. The Kier molecular flexibility index (Phi) is 3.02. The Labute approximate surface area is 116 Å². The number of nitrogens with one attached hydrogen (secondary N) is 1. The summed E-state index contributed by atoms with van der Waals surface area (Å²) in [6.45, 7) is 0. The molecule has 5 heteroatoms. The molecule has 2 aromatic heterocycles. The van der Waals surface area contributed by atoms with Crippen LogP contribution in [-0.2, 0) is 0 Å². The number of rotatable bonds is 2. The molecular weight excluding hydrogens is 345 g/mol. The molecule has 3 nitrogen and oxygen atoms in total. The number of hydrogen-bond acceptors (Lipinski definition) is 3.